The summed E-state index contributed by atoms with van der Waals surface area (Å²) in [5.41, 5.74) is 1.28. The van der Waals surface area contributed by atoms with Gasteiger partial charge in [-0.05, 0) is 58.5 Å². The number of piperidine rings is 1. The quantitative estimate of drug-likeness (QED) is 0.544. The summed E-state index contributed by atoms with van der Waals surface area (Å²) in [6.07, 6.45) is 5.00. The molecule has 3 aromatic carbocycles. The molecule has 3 aromatic rings. The summed E-state index contributed by atoms with van der Waals surface area (Å²) in [6, 6.07) is 18.5. The zero-order chi connectivity index (χ0) is 19.5. The fourth-order valence-electron chi connectivity index (χ4n) is 3.97. The third-order valence-electron chi connectivity index (χ3n) is 5.28. The summed E-state index contributed by atoms with van der Waals surface area (Å²) in [5, 5.41) is 7.26. The number of nitrogens with one attached hydrogen (secondary N) is 1. The SMILES string of the molecule is CC(=O)N/C(=C\c1cc2ccccc2c2ccccc12)C(=O)N1CCCCC1. The first kappa shape index (κ1) is 18.2. The number of benzene rings is 3. The van der Waals surface area contributed by atoms with Gasteiger partial charge < -0.3 is 10.2 Å². The average molecular weight is 372 g/mol. The Morgan fingerprint density at radius 2 is 1.54 bits per heavy atom. The molecule has 1 aliphatic heterocycles. The lowest BCUT2D eigenvalue weighted by atomic mass is 9.96. The lowest BCUT2D eigenvalue weighted by Gasteiger charge is -2.27. The van der Waals surface area contributed by atoms with Gasteiger partial charge in [0.15, 0.2) is 0 Å². The Morgan fingerprint density at radius 1 is 0.893 bits per heavy atom. The molecule has 0 aromatic heterocycles. The van der Waals surface area contributed by atoms with Crippen molar-refractivity contribution >= 4 is 39.4 Å². The van der Waals surface area contributed by atoms with Gasteiger partial charge in [-0.15, -0.1) is 0 Å². The topological polar surface area (TPSA) is 49.4 Å². The van der Waals surface area contributed by atoms with Gasteiger partial charge in [0, 0.05) is 20.0 Å². The number of nitrogens with zero attached hydrogens (tertiary/aromatic N) is 1. The minimum absolute atomic E-state index is 0.105. The van der Waals surface area contributed by atoms with E-state index in [1.165, 1.54) is 12.3 Å². The molecule has 0 aliphatic carbocycles. The third-order valence-corrected chi connectivity index (χ3v) is 5.28. The Labute approximate surface area is 164 Å². The molecule has 0 radical (unpaired) electrons. The van der Waals surface area contributed by atoms with Crippen molar-refractivity contribution in [3.05, 3.63) is 65.9 Å². The number of hydrogen-bond donors (Lipinski definition) is 1. The van der Waals surface area contributed by atoms with E-state index in [4.69, 9.17) is 0 Å². The van der Waals surface area contributed by atoms with Crippen molar-refractivity contribution in [1.29, 1.82) is 0 Å². The molecule has 0 bridgehead atoms. The van der Waals surface area contributed by atoms with Crippen molar-refractivity contribution in [2.45, 2.75) is 26.2 Å². The molecule has 0 atom stereocenters. The second-order valence-corrected chi connectivity index (χ2v) is 7.32. The highest BCUT2D eigenvalue weighted by molar-refractivity contribution is 6.12. The van der Waals surface area contributed by atoms with Gasteiger partial charge in [0.1, 0.15) is 5.70 Å². The molecule has 4 heteroatoms. The normalized spacial score (nSPS) is 15.0. The number of carbonyl (C=O) groups excluding carboxylic acids is 2. The molecule has 0 saturated carbocycles. The number of rotatable bonds is 3. The van der Waals surface area contributed by atoms with E-state index >= 15 is 0 Å². The van der Waals surface area contributed by atoms with E-state index < -0.39 is 0 Å². The Morgan fingerprint density at radius 3 is 2.25 bits per heavy atom. The smallest absolute Gasteiger partial charge is 0.270 e. The minimum Gasteiger partial charge on any atom is -0.337 e. The van der Waals surface area contributed by atoms with E-state index in [2.05, 4.69) is 35.6 Å². The van der Waals surface area contributed by atoms with Crippen LogP contribution in [0.5, 0.6) is 0 Å². The molecule has 4 nitrogen and oxygen atoms in total. The van der Waals surface area contributed by atoms with Gasteiger partial charge in [0.2, 0.25) is 5.91 Å². The summed E-state index contributed by atoms with van der Waals surface area (Å²) < 4.78 is 0. The average Bonchev–Trinajstić information content (AvgIpc) is 2.73. The zero-order valence-corrected chi connectivity index (χ0v) is 16.1. The summed E-state index contributed by atoms with van der Waals surface area (Å²) in [7, 11) is 0. The zero-order valence-electron chi connectivity index (χ0n) is 16.1. The first-order valence-corrected chi connectivity index (χ1v) is 9.82. The Balaban J connectivity index is 1.85. The fraction of sp³-hybridized carbons (Fsp3) is 0.250. The molecule has 0 spiro atoms. The molecular weight excluding hydrogens is 348 g/mol. The van der Waals surface area contributed by atoms with Crippen LogP contribution in [0, 0.1) is 0 Å². The van der Waals surface area contributed by atoms with Crippen molar-refractivity contribution in [3.63, 3.8) is 0 Å². The van der Waals surface area contributed by atoms with E-state index in [-0.39, 0.29) is 11.8 Å². The predicted molar refractivity (Wildman–Crippen MR) is 114 cm³/mol. The number of fused-ring (bicyclic) bond motifs is 3. The van der Waals surface area contributed by atoms with Crippen LogP contribution in [0.1, 0.15) is 31.7 Å². The van der Waals surface area contributed by atoms with Crippen molar-refractivity contribution < 1.29 is 9.59 Å². The maximum Gasteiger partial charge on any atom is 0.270 e. The molecule has 28 heavy (non-hydrogen) atoms. The molecule has 1 aliphatic rings. The molecule has 142 valence electrons. The van der Waals surface area contributed by atoms with E-state index in [9.17, 15) is 9.59 Å². The van der Waals surface area contributed by atoms with Gasteiger partial charge in [-0.3, -0.25) is 9.59 Å². The van der Waals surface area contributed by atoms with E-state index in [1.807, 2.05) is 35.2 Å². The molecule has 1 heterocycles. The molecule has 1 fully saturated rings. The number of amides is 2. The van der Waals surface area contributed by atoms with E-state index in [1.54, 1.807) is 0 Å². The Bertz CT molecular complexity index is 1080. The van der Waals surface area contributed by atoms with Crippen LogP contribution >= 0.6 is 0 Å². The molecule has 0 unspecified atom stereocenters. The predicted octanol–water partition coefficient (Wildman–Crippen LogP) is 4.48. The highest BCUT2D eigenvalue weighted by Crippen LogP contribution is 2.30. The minimum atomic E-state index is -0.235. The van der Waals surface area contributed by atoms with Crippen LogP contribution in [0.2, 0.25) is 0 Å². The summed E-state index contributed by atoms with van der Waals surface area (Å²) in [5.74, 6) is -0.339. The van der Waals surface area contributed by atoms with Crippen LogP contribution in [-0.2, 0) is 9.59 Å². The summed E-state index contributed by atoms with van der Waals surface area (Å²) >= 11 is 0. The second kappa shape index (κ2) is 7.85. The van der Waals surface area contributed by atoms with E-state index in [0.717, 1.165) is 54.1 Å². The first-order valence-electron chi connectivity index (χ1n) is 9.82. The number of hydrogen-bond acceptors (Lipinski definition) is 2. The van der Waals surface area contributed by atoms with Crippen LogP contribution in [0.3, 0.4) is 0 Å². The largest absolute Gasteiger partial charge is 0.337 e. The number of likely N-dealkylation sites (tertiary alicyclic amines) is 1. The van der Waals surface area contributed by atoms with Gasteiger partial charge in [-0.25, -0.2) is 0 Å². The maximum atomic E-state index is 13.1. The summed E-state index contributed by atoms with van der Waals surface area (Å²) in [4.78, 5) is 26.7. The van der Waals surface area contributed by atoms with E-state index in [0.29, 0.717) is 5.70 Å². The Kier molecular flexibility index (Phi) is 5.11. The monoisotopic (exact) mass is 372 g/mol. The Hall–Kier alpha value is -3.14. The molecule has 2 amide bonds. The lowest BCUT2D eigenvalue weighted by Crippen LogP contribution is -2.40. The third kappa shape index (κ3) is 3.63. The molecular formula is C24H24N2O2. The number of carbonyl (C=O) groups is 2. The fourth-order valence-corrected chi connectivity index (χ4v) is 3.97. The van der Waals surface area contributed by atoms with Gasteiger partial charge in [0.25, 0.3) is 5.91 Å². The van der Waals surface area contributed by atoms with Gasteiger partial charge >= 0.3 is 0 Å². The second-order valence-electron chi connectivity index (χ2n) is 7.32. The van der Waals surface area contributed by atoms with Gasteiger partial charge in [-0.1, -0.05) is 48.5 Å². The van der Waals surface area contributed by atoms with Crippen molar-refractivity contribution in [2.75, 3.05) is 13.1 Å². The van der Waals surface area contributed by atoms with Crippen molar-refractivity contribution in [3.8, 4) is 0 Å². The first-order chi connectivity index (χ1) is 13.6. The van der Waals surface area contributed by atoms with Gasteiger partial charge in [-0.2, -0.15) is 0 Å². The molecule has 4 rings (SSSR count). The van der Waals surface area contributed by atoms with Crippen molar-refractivity contribution in [1.82, 2.24) is 10.2 Å². The van der Waals surface area contributed by atoms with Crippen LogP contribution in [0.15, 0.2) is 60.3 Å². The van der Waals surface area contributed by atoms with Gasteiger partial charge in [0.05, 0.1) is 0 Å². The highest BCUT2D eigenvalue weighted by Gasteiger charge is 2.21. The van der Waals surface area contributed by atoms with Crippen LogP contribution in [0.25, 0.3) is 27.6 Å². The molecule has 1 saturated heterocycles. The van der Waals surface area contributed by atoms with Crippen LogP contribution < -0.4 is 5.32 Å². The summed E-state index contributed by atoms with van der Waals surface area (Å²) in [6.45, 7) is 2.93. The van der Waals surface area contributed by atoms with Crippen LogP contribution in [0.4, 0.5) is 0 Å². The van der Waals surface area contributed by atoms with Crippen molar-refractivity contribution in [2.24, 2.45) is 0 Å². The standard InChI is InChI=1S/C24H24N2O2/c1-17(27)25-23(24(28)26-13-7-2-8-14-26)16-19-15-18-9-3-4-10-20(18)22-12-6-5-11-21(19)22/h3-6,9-12,15-16H,2,7-8,13-14H2,1H3,(H,25,27)/b23-16-. The maximum absolute atomic E-state index is 13.1. The molecule has 1 N–H and O–H groups in total. The van der Waals surface area contributed by atoms with Crippen LogP contribution in [-0.4, -0.2) is 29.8 Å². The lowest BCUT2D eigenvalue weighted by molar-refractivity contribution is -0.130. The highest BCUT2D eigenvalue weighted by atomic mass is 16.2.